The summed E-state index contributed by atoms with van der Waals surface area (Å²) in [4.78, 5) is 26.5. The molecule has 126 valence electrons. The van der Waals surface area contributed by atoms with Gasteiger partial charge in [0.1, 0.15) is 5.82 Å². The van der Waals surface area contributed by atoms with Crippen LogP contribution in [0, 0.1) is 5.82 Å². The summed E-state index contributed by atoms with van der Waals surface area (Å²) < 4.78 is 13.2. The van der Waals surface area contributed by atoms with E-state index in [0.717, 1.165) is 6.07 Å². The molecule has 24 heavy (non-hydrogen) atoms. The van der Waals surface area contributed by atoms with Crippen LogP contribution in [0.25, 0.3) is 0 Å². The minimum Gasteiger partial charge on any atom is -0.351 e. The van der Waals surface area contributed by atoms with Gasteiger partial charge in [-0.1, -0.05) is 18.2 Å². The number of carbonyl (C=O) groups is 2. The topological polar surface area (TPSA) is 61.4 Å². The van der Waals surface area contributed by atoms with E-state index in [1.165, 1.54) is 18.2 Å². The molecule has 2 rings (SSSR count). The SMILES string of the molecule is CN(C)CCNC(=O)c1ccccc1NC(=O)c1cccc(F)c1. The van der Waals surface area contributed by atoms with Gasteiger partial charge >= 0.3 is 0 Å². The van der Waals surface area contributed by atoms with Crippen molar-refractivity contribution in [2.24, 2.45) is 0 Å². The first-order valence-electron chi connectivity index (χ1n) is 7.56. The summed E-state index contributed by atoms with van der Waals surface area (Å²) >= 11 is 0. The number of nitrogens with one attached hydrogen (secondary N) is 2. The summed E-state index contributed by atoms with van der Waals surface area (Å²) in [6, 6.07) is 12.1. The number of anilines is 1. The van der Waals surface area contributed by atoms with Gasteiger partial charge in [-0.15, -0.1) is 0 Å². The highest BCUT2D eigenvalue weighted by Crippen LogP contribution is 2.16. The Balaban J connectivity index is 2.11. The van der Waals surface area contributed by atoms with Crippen LogP contribution in [0.1, 0.15) is 20.7 Å². The summed E-state index contributed by atoms with van der Waals surface area (Å²) in [5.41, 5.74) is 0.938. The molecule has 0 saturated heterocycles. The van der Waals surface area contributed by atoms with Gasteiger partial charge < -0.3 is 15.5 Å². The van der Waals surface area contributed by atoms with Crippen molar-refractivity contribution in [3.63, 3.8) is 0 Å². The summed E-state index contributed by atoms with van der Waals surface area (Å²) in [6.07, 6.45) is 0. The molecule has 2 aromatic rings. The van der Waals surface area contributed by atoms with Crippen molar-refractivity contribution in [1.82, 2.24) is 10.2 Å². The van der Waals surface area contributed by atoms with Gasteiger partial charge in [0.2, 0.25) is 0 Å². The zero-order chi connectivity index (χ0) is 17.5. The van der Waals surface area contributed by atoms with Gasteiger partial charge in [-0.05, 0) is 44.4 Å². The van der Waals surface area contributed by atoms with Crippen LogP contribution in [0.4, 0.5) is 10.1 Å². The zero-order valence-electron chi connectivity index (χ0n) is 13.7. The van der Waals surface area contributed by atoms with Crippen molar-refractivity contribution in [2.45, 2.75) is 0 Å². The van der Waals surface area contributed by atoms with Crippen molar-refractivity contribution >= 4 is 17.5 Å². The number of carbonyl (C=O) groups excluding carboxylic acids is 2. The zero-order valence-corrected chi connectivity index (χ0v) is 13.7. The first kappa shape index (κ1) is 17.6. The van der Waals surface area contributed by atoms with Gasteiger partial charge in [0, 0.05) is 18.7 Å². The number of hydrogen-bond acceptors (Lipinski definition) is 3. The largest absolute Gasteiger partial charge is 0.351 e. The maximum Gasteiger partial charge on any atom is 0.255 e. The fourth-order valence-electron chi connectivity index (χ4n) is 2.10. The Morgan fingerprint density at radius 2 is 1.79 bits per heavy atom. The number of benzene rings is 2. The Bertz CT molecular complexity index is 732. The highest BCUT2D eigenvalue weighted by Gasteiger charge is 2.14. The maximum atomic E-state index is 13.2. The third-order valence-corrected chi connectivity index (χ3v) is 3.35. The average Bonchev–Trinajstić information content (AvgIpc) is 2.55. The van der Waals surface area contributed by atoms with Gasteiger partial charge in [0.05, 0.1) is 11.3 Å². The van der Waals surface area contributed by atoms with Gasteiger partial charge in [-0.3, -0.25) is 9.59 Å². The molecule has 0 spiro atoms. The smallest absolute Gasteiger partial charge is 0.255 e. The first-order valence-corrected chi connectivity index (χ1v) is 7.56. The molecule has 0 aliphatic rings. The fourth-order valence-corrected chi connectivity index (χ4v) is 2.10. The molecule has 2 amide bonds. The lowest BCUT2D eigenvalue weighted by atomic mass is 10.1. The number of halogens is 1. The molecule has 0 aromatic heterocycles. The number of para-hydroxylation sites is 1. The number of rotatable bonds is 6. The number of likely N-dealkylation sites (N-methyl/N-ethyl adjacent to an activating group) is 1. The van der Waals surface area contributed by atoms with Crippen LogP contribution < -0.4 is 10.6 Å². The van der Waals surface area contributed by atoms with Crippen LogP contribution in [0.15, 0.2) is 48.5 Å². The van der Waals surface area contributed by atoms with Gasteiger partial charge in [-0.2, -0.15) is 0 Å². The van der Waals surface area contributed by atoms with Crippen molar-refractivity contribution < 1.29 is 14.0 Å². The van der Waals surface area contributed by atoms with E-state index in [-0.39, 0.29) is 11.5 Å². The predicted octanol–water partition coefficient (Wildman–Crippen LogP) is 2.37. The Morgan fingerprint density at radius 3 is 2.50 bits per heavy atom. The molecule has 2 aromatic carbocycles. The predicted molar refractivity (Wildman–Crippen MR) is 91.7 cm³/mol. The average molecular weight is 329 g/mol. The Morgan fingerprint density at radius 1 is 1.04 bits per heavy atom. The van der Waals surface area contributed by atoms with Crippen LogP contribution in [0.5, 0.6) is 0 Å². The molecule has 5 nitrogen and oxygen atoms in total. The van der Waals surface area contributed by atoms with Crippen molar-refractivity contribution in [3.05, 3.63) is 65.5 Å². The normalized spacial score (nSPS) is 10.5. The third kappa shape index (κ3) is 4.89. The van der Waals surface area contributed by atoms with Crippen molar-refractivity contribution in [2.75, 3.05) is 32.5 Å². The molecule has 0 heterocycles. The molecule has 6 heteroatoms. The molecule has 0 saturated carbocycles. The molecular weight excluding hydrogens is 309 g/mol. The van der Waals surface area contributed by atoms with Crippen LogP contribution in [-0.2, 0) is 0 Å². The second-order valence-electron chi connectivity index (χ2n) is 5.57. The van der Waals surface area contributed by atoms with Gasteiger partial charge in [0.25, 0.3) is 11.8 Å². The van der Waals surface area contributed by atoms with Crippen LogP contribution in [0.3, 0.4) is 0 Å². The van der Waals surface area contributed by atoms with E-state index in [0.29, 0.717) is 24.3 Å². The standard InChI is InChI=1S/C18H20FN3O2/c1-22(2)11-10-20-18(24)15-8-3-4-9-16(15)21-17(23)13-6-5-7-14(19)12-13/h3-9,12H,10-11H2,1-2H3,(H,20,24)(H,21,23). The lowest BCUT2D eigenvalue weighted by Crippen LogP contribution is -2.32. The summed E-state index contributed by atoms with van der Waals surface area (Å²) in [7, 11) is 3.83. The van der Waals surface area contributed by atoms with E-state index in [4.69, 9.17) is 0 Å². The van der Waals surface area contributed by atoms with E-state index < -0.39 is 11.7 Å². The van der Waals surface area contributed by atoms with E-state index in [1.807, 2.05) is 19.0 Å². The van der Waals surface area contributed by atoms with E-state index >= 15 is 0 Å². The molecule has 0 unspecified atom stereocenters. The molecule has 2 N–H and O–H groups in total. The Hall–Kier alpha value is -2.73. The first-order chi connectivity index (χ1) is 11.5. The molecular formula is C18H20FN3O2. The van der Waals surface area contributed by atoms with Crippen molar-refractivity contribution in [1.29, 1.82) is 0 Å². The lowest BCUT2D eigenvalue weighted by molar-refractivity contribution is 0.0952. The van der Waals surface area contributed by atoms with Crippen LogP contribution >= 0.6 is 0 Å². The molecule has 0 radical (unpaired) electrons. The van der Waals surface area contributed by atoms with Crippen molar-refractivity contribution in [3.8, 4) is 0 Å². The maximum absolute atomic E-state index is 13.2. The third-order valence-electron chi connectivity index (χ3n) is 3.35. The monoisotopic (exact) mass is 329 g/mol. The van der Waals surface area contributed by atoms with Crippen LogP contribution in [-0.4, -0.2) is 43.9 Å². The molecule has 0 atom stereocenters. The van der Waals surface area contributed by atoms with Gasteiger partial charge in [-0.25, -0.2) is 4.39 Å². The second-order valence-corrected chi connectivity index (χ2v) is 5.57. The van der Waals surface area contributed by atoms with E-state index in [1.54, 1.807) is 24.3 Å². The second kappa shape index (κ2) is 8.21. The molecule has 0 fully saturated rings. The molecule has 0 aliphatic carbocycles. The van der Waals surface area contributed by atoms with E-state index in [2.05, 4.69) is 10.6 Å². The lowest BCUT2D eigenvalue weighted by Gasteiger charge is -2.13. The number of amides is 2. The minimum atomic E-state index is -0.489. The molecule has 0 aliphatic heterocycles. The molecule has 0 bridgehead atoms. The van der Waals surface area contributed by atoms with Gasteiger partial charge in [0.15, 0.2) is 0 Å². The Labute approximate surface area is 140 Å². The Kier molecular flexibility index (Phi) is 6.03. The summed E-state index contributed by atoms with van der Waals surface area (Å²) in [5, 5.41) is 5.46. The quantitative estimate of drug-likeness (QED) is 0.855. The number of nitrogens with zero attached hydrogens (tertiary/aromatic N) is 1. The van der Waals surface area contributed by atoms with E-state index in [9.17, 15) is 14.0 Å². The fraction of sp³-hybridized carbons (Fsp3) is 0.222. The summed E-state index contributed by atoms with van der Waals surface area (Å²) in [5.74, 6) is -1.23. The highest BCUT2D eigenvalue weighted by atomic mass is 19.1. The number of hydrogen-bond donors (Lipinski definition) is 2. The van der Waals surface area contributed by atoms with Crippen LogP contribution in [0.2, 0.25) is 0 Å². The minimum absolute atomic E-state index is 0.192. The summed E-state index contributed by atoms with van der Waals surface area (Å²) in [6.45, 7) is 1.21. The highest BCUT2D eigenvalue weighted by molar-refractivity contribution is 6.08.